The number of anilines is 2. The van der Waals surface area contributed by atoms with E-state index in [0.29, 0.717) is 18.2 Å². The van der Waals surface area contributed by atoms with Crippen molar-refractivity contribution in [3.8, 4) is 5.69 Å². The molecule has 2 aromatic carbocycles. The Balaban J connectivity index is 1.69. The molecule has 0 bridgehead atoms. The van der Waals surface area contributed by atoms with Gasteiger partial charge in [0.15, 0.2) is 0 Å². The lowest BCUT2D eigenvalue weighted by molar-refractivity contribution is 0.0987. The van der Waals surface area contributed by atoms with Gasteiger partial charge in [0.05, 0.1) is 17.1 Å². The molecule has 1 aromatic heterocycles. The summed E-state index contributed by atoms with van der Waals surface area (Å²) in [4.78, 5) is 19.1. The van der Waals surface area contributed by atoms with Gasteiger partial charge in [-0.05, 0) is 56.2 Å². The van der Waals surface area contributed by atoms with E-state index in [1.807, 2.05) is 54.3 Å². The molecule has 1 N–H and O–H groups in total. The van der Waals surface area contributed by atoms with Crippen LogP contribution in [-0.4, -0.2) is 33.3 Å². The van der Waals surface area contributed by atoms with Crippen LogP contribution in [0.25, 0.3) is 5.69 Å². The third-order valence-corrected chi connectivity index (χ3v) is 4.74. The van der Waals surface area contributed by atoms with Crippen LogP contribution in [-0.2, 0) is 0 Å². The zero-order valence-corrected chi connectivity index (χ0v) is 14.9. The van der Waals surface area contributed by atoms with E-state index in [9.17, 15) is 4.79 Å². The molecule has 0 spiro atoms. The Kier molecular flexibility index (Phi) is 4.16. The third kappa shape index (κ3) is 2.94. The summed E-state index contributed by atoms with van der Waals surface area (Å²) in [6.07, 6.45) is 4.05. The van der Waals surface area contributed by atoms with Gasteiger partial charge in [0.1, 0.15) is 12.7 Å². The lowest BCUT2D eigenvalue weighted by Gasteiger charge is -2.23. The predicted octanol–water partition coefficient (Wildman–Crippen LogP) is 3.43. The summed E-state index contributed by atoms with van der Waals surface area (Å²) in [5.41, 5.74) is 4.51. The van der Waals surface area contributed by atoms with E-state index in [0.717, 1.165) is 29.0 Å². The second kappa shape index (κ2) is 6.63. The van der Waals surface area contributed by atoms with E-state index in [1.54, 1.807) is 11.0 Å². The van der Waals surface area contributed by atoms with Gasteiger partial charge in [0.25, 0.3) is 5.91 Å². The monoisotopic (exact) mass is 347 g/mol. The van der Waals surface area contributed by atoms with Crippen LogP contribution < -0.4 is 10.2 Å². The Morgan fingerprint density at radius 1 is 1.19 bits per heavy atom. The fourth-order valence-corrected chi connectivity index (χ4v) is 3.36. The number of hydrogen-bond donors (Lipinski definition) is 1. The molecule has 0 saturated heterocycles. The summed E-state index contributed by atoms with van der Waals surface area (Å²) in [5.74, 6) is 0.0154. The molecule has 2 heterocycles. The second-order valence-corrected chi connectivity index (χ2v) is 6.65. The van der Waals surface area contributed by atoms with Crippen molar-refractivity contribution in [3.05, 3.63) is 66.2 Å². The minimum Gasteiger partial charge on any atom is -0.381 e. The summed E-state index contributed by atoms with van der Waals surface area (Å²) < 4.78 is 1.70. The maximum atomic E-state index is 13.2. The van der Waals surface area contributed by atoms with Gasteiger partial charge < -0.3 is 10.2 Å². The molecule has 1 atom stereocenters. The first-order chi connectivity index (χ1) is 12.6. The van der Waals surface area contributed by atoms with E-state index in [1.165, 1.54) is 6.33 Å². The minimum absolute atomic E-state index is 0.0154. The number of hydrogen-bond acceptors (Lipinski definition) is 4. The quantitative estimate of drug-likeness (QED) is 0.771. The number of carbonyl (C=O) groups excluding carboxylic acids is 1. The molecule has 0 fully saturated rings. The highest BCUT2D eigenvalue weighted by Gasteiger charge is 2.24. The van der Waals surface area contributed by atoms with Crippen molar-refractivity contribution < 1.29 is 4.79 Å². The summed E-state index contributed by atoms with van der Waals surface area (Å²) in [7, 11) is 0. The molecule has 6 nitrogen and oxygen atoms in total. The summed E-state index contributed by atoms with van der Waals surface area (Å²) in [6, 6.07) is 14.0. The third-order valence-electron chi connectivity index (χ3n) is 4.74. The van der Waals surface area contributed by atoms with E-state index < -0.39 is 0 Å². The van der Waals surface area contributed by atoms with E-state index in [-0.39, 0.29) is 5.91 Å². The molecule has 0 aliphatic carbocycles. The SMILES string of the molecule is Cc1cc(C(=O)N2CCC(C)Nc3ccccc32)ccc1-n1cncn1. The number of amides is 1. The summed E-state index contributed by atoms with van der Waals surface area (Å²) in [5, 5.41) is 7.65. The summed E-state index contributed by atoms with van der Waals surface area (Å²) >= 11 is 0. The van der Waals surface area contributed by atoms with Crippen LogP contribution in [0.2, 0.25) is 0 Å². The molecule has 0 saturated carbocycles. The highest BCUT2D eigenvalue weighted by molar-refractivity contribution is 6.08. The Morgan fingerprint density at radius 3 is 2.81 bits per heavy atom. The maximum absolute atomic E-state index is 13.2. The molecular weight excluding hydrogens is 326 g/mol. The number of para-hydroxylation sites is 2. The van der Waals surface area contributed by atoms with Crippen molar-refractivity contribution in [3.63, 3.8) is 0 Å². The van der Waals surface area contributed by atoms with Crippen LogP contribution in [0.5, 0.6) is 0 Å². The van der Waals surface area contributed by atoms with Crippen molar-refractivity contribution in [1.29, 1.82) is 0 Å². The average molecular weight is 347 g/mol. The molecule has 1 amide bonds. The van der Waals surface area contributed by atoms with Crippen molar-refractivity contribution >= 4 is 17.3 Å². The number of aryl methyl sites for hydroxylation is 1. The van der Waals surface area contributed by atoms with Gasteiger partial charge in [0, 0.05) is 18.2 Å². The molecule has 6 heteroatoms. The van der Waals surface area contributed by atoms with E-state index in [4.69, 9.17) is 0 Å². The summed E-state index contributed by atoms with van der Waals surface area (Å²) in [6.45, 7) is 4.81. The van der Waals surface area contributed by atoms with Gasteiger partial charge in [-0.3, -0.25) is 4.79 Å². The van der Waals surface area contributed by atoms with Crippen LogP contribution in [0.15, 0.2) is 55.1 Å². The van der Waals surface area contributed by atoms with Crippen LogP contribution in [0, 0.1) is 6.92 Å². The number of fused-ring (bicyclic) bond motifs is 1. The first kappa shape index (κ1) is 16.3. The highest BCUT2D eigenvalue weighted by Crippen LogP contribution is 2.31. The number of carbonyl (C=O) groups is 1. The number of nitrogens with one attached hydrogen (secondary N) is 1. The molecule has 1 aliphatic heterocycles. The topological polar surface area (TPSA) is 63.1 Å². The van der Waals surface area contributed by atoms with Crippen LogP contribution in [0.4, 0.5) is 11.4 Å². The predicted molar refractivity (Wildman–Crippen MR) is 102 cm³/mol. The van der Waals surface area contributed by atoms with E-state index >= 15 is 0 Å². The molecule has 26 heavy (non-hydrogen) atoms. The fraction of sp³-hybridized carbons (Fsp3) is 0.250. The Bertz CT molecular complexity index is 935. The molecular formula is C20H21N5O. The van der Waals surface area contributed by atoms with Gasteiger partial charge in [-0.2, -0.15) is 5.10 Å². The van der Waals surface area contributed by atoms with Gasteiger partial charge in [-0.25, -0.2) is 9.67 Å². The zero-order chi connectivity index (χ0) is 18.1. The van der Waals surface area contributed by atoms with E-state index in [2.05, 4.69) is 22.3 Å². The van der Waals surface area contributed by atoms with Crippen molar-refractivity contribution in [2.24, 2.45) is 0 Å². The van der Waals surface area contributed by atoms with Crippen LogP contribution in [0.3, 0.4) is 0 Å². The molecule has 4 rings (SSSR count). The highest BCUT2D eigenvalue weighted by atomic mass is 16.2. The van der Waals surface area contributed by atoms with Crippen molar-refractivity contribution in [2.45, 2.75) is 26.3 Å². The molecule has 1 aliphatic rings. The molecule has 0 radical (unpaired) electrons. The van der Waals surface area contributed by atoms with Gasteiger partial charge in [-0.1, -0.05) is 12.1 Å². The fourth-order valence-electron chi connectivity index (χ4n) is 3.36. The van der Waals surface area contributed by atoms with Gasteiger partial charge in [0.2, 0.25) is 0 Å². The lowest BCUT2D eigenvalue weighted by Crippen LogP contribution is -2.32. The first-order valence-electron chi connectivity index (χ1n) is 8.76. The Hall–Kier alpha value is -3.15. The molecule has 132 valence electrons. The van der Waals surface area contributed by atoms with Crippen LogP contribution in [0.1, 0.15) is 29.3 Å². The normalized spacial score (nSPS) is 16.5. The lowest BCUT2D eigenvalue weighted by atomic mass is 10.1. The first-order valence-corrected chi connectivity index (χ1v) is 8.76. The number of benzene rings is 2. The second-order valence-electron chi connectivity index (χ2n) is 6.65. The largest absolute Gasteiger partial charge is 0.381 e. The Morgan fingerprint density at radius 2 is 2.04 bits per heavy atom. The van der Waals surface area contributed by atoms with Gasteiger partial charge >= 0.3 is 0 Å². The van der Waals surface area contributed by atoms with Gasteiger partial charge in [-0.15, -0.1) is 0 Å². The zero-order valence-electron chi connectivity index (χ0n) is 14.9. The average Bonchev–Trinajstić information content (AvgIpc) is 3.11. The maximum Gasteiger partial charge on any atom is 0.258 e. The number of aromatic nitrogens is 3. The molecule has 3 aromatic rings. The smallest absolute Gasteiger partial charge is 0.258 e. The van der Waals surface area contributed by atoms with Crippen molar-refractivity contribution in [1.82, 2.24) is 14.8 Å². The standard InChI is InChI=1S/C20H21N5O/c1-14-11-16(7-8-18(14)25-13-21-12-22-25)20(26)24-10-9-15(2)23-17-5-3-4-6-19(17)24/h3-8,11-13,15,23H,9-10H2,1-2H3. The number of rotatable bonds is 2. The Labute approximate surface area is 152 Å². The minimum atomic E-state index is 0.0154. The van der Waals surface area contributed by atoms with Crippen molar-refractivity contribution in [2.75, 3.05) is 16.8 Å². The van der Waals surface area contributed by atoms with Crippen LogP contribution >= 0.6 is 0 Å². The molecule has 1 unspecified atom stereocenters. The number of nitrogens with zero attached hydrogens (tertiary/aromatic N) is 4.